The van der Waals surface area contributed by atoms with Gasteiger partial charge in [0.05, 0.1) is 0 Å². The van der Waals surface area contributed by atoms with Crippen LogP contribution in [-0.2, 0) is 0 Å². The lowest BCUT2D eigenvalue weighted by Crippen LogP contribution is -2.45. The summed E-state index contributed by atoms with van der Waals surface area (Å²) >= 11 is 5.72. The van der Waals surface area contributed by atoms with E-state index in [1.54, 1.807) is 0 Å². The molecule has 4 heteroatoms. The quantitative estimate of drug-likeness (QED) is 0.847. The van der Waals surface area contributed by atoms with Crippen molar-refractivity contribution in [3.05, 3.63) is 35.9 Å². The number of carbonyl (C=O) groups is 1. The minimum atomic E-state index is 0.0337. The number of hydrogen-bond acceptors (Lipinski definition) is 2. The van der Waals surface area contributed by atoms with Gasteiger partial charge in [-0.15, -0.1) is 11.6 Å². The molecular formula is C14H19ClN2O. The van der Waals surface area contributed by atoms with Gasteiger partial charge in [-0.3, -0.25) is 4.79 Å². The fourth-order valence-electron chi connectivity index (χ4n) is 2.28. The van der Waals surface area contributed by atoms with E-state index in [2.05, 4.69) is 10.2 Å². The minimum Gasteiger partial charge on any atom is -0.349 e. The average molecular weight is 267 g/mol. The first-order valence-corrected chi connectivity index (χ1v) is 6.97. The Kier molecular flexibility index (Phi) is 5.02. The third-order valence-electron chi connectivity index (χ3n) is 3.36. The molecule has 1 aliphatic heterocycles. The van der Waals surface area contributed by atoms with Crippen LogP contribution in [-0.4, -0.2) is 42.4 Å². The second-order valence-electron chi connectivity index (χ2n) is 4.64. The van der Waals surface area contributed by atoms with Gasteiger partial charge in [0.1, 0.15) is 0 Å². The minimum absolute atomic E-state index is 0.0337. The number of rotatable bonds is 4. The van der Waals surface area contributed by atoms with E-state index in [0.717, 1.165) is 38.0 Å². The number of likely N-dealkylation sites (tertiary alicyclic amines) is 1. The smallest absolute Gasteiger partial charge is 0.251 e. The summed E-state index contributed by atoms with van der Waals surface area (Å²) in [6.07, 6.45) is 2.02. The molecule has 0 bridgehead atoms. The molecule has 1 fully saturated rings. The van der Waals surface area contributed by atoms with Crippen molar-refractivity contribution in [2.75, 3.05) is 25.5 Å². The van der Waals surface area contributed by atoms with Crippen LogP contribution in [0, 0.1) is 0 Å². The van der Waals surface area contributed by atoms with Crippen LogP contribution in [0.25, 0.3) is 0 Å². The molecule has 1 N–H and O–H groups in total. The van der Waals surface area contributed by atoms with E-state index in [9.17, 15) is 4.79 Å². The fourth-order valence-corrected chi connectivity index (χ4v) is 2.52. The van der Waals surface area contributed by atoms with Gasteiger partial charge in [-0.25, -0.2) is 0 Å². The first-order chi connectivity index (χ1) is 8.79. The van der Waals surface area contributed by atoms with E-state index in [0.29, 0.717) is 11.9 Å². The number of carbonyl (C=O) groups excluding carboxylic acids is 1. The molecule has 1 aromatic rings. The topological polar surface area (TPSA) is 32.3 Å². The third kappa shape index (κ3) is 3.72. The van der Waals surface area contributed by atoms with Crippen molar-refractivity contribution in [3.8, 4) is 0 Å². The van der Waals surface area contributed by atoms with Gasteiger partial charge in [-0.05, 0) is 25.0 Å². The van der Waals surface area contributed by atoms with Gasteiger partial charge in [0, 0.05) is 37.1 Å². The maximum atomic E-state index is 12.0. The number of benzene rings is 1. The maximum Gasteiger partial charge on any atom is 0.251 e. The summed E-state index contributed by atoms with van der Waals surface area (Å²) in [5, 5.41) is 3.10. The molecule has 0 spiro atoms. The molecule has 1 saturated heterocycles. The molecule has 3 nitrogen and oxygen atoms in total. The van der Waals surface area contributed by atoms with Crippen molar-refractivity contribution in [3.63, 3.8) is 0 Å². The van der Waals surface area contributed by atoms with Gasteiger partial charge in [0.15, 0.2) is 0 Å². The van der Waals surface area contributed by atoms with Crippen LogP contribution in [0.4, 0.5) is 0 Å². The zero-order valence-electron chi connectivity index (χ0n) is 10.4. The highest BCUT2D eigenvalue weighted by Crippen LogP contribution is 2.11. The Morgan fingerprint density at radius 1 is 1.28 bits per heavy atom. The lowest BCUT2D eigenvalue weighted by molar-refractivity contribution is 0.0913. The Hall–Kier alpha value is -1.06. The van der Waals surface area contributed by atoms with Crippen molar-refractivity contribution >= 4 is 17.5 Å². The maximum absolute atomic E-state index is 12.0. The molecule has 0 radical (unpaired) electrons. The molecule has 1 aliphatic rings. The van der Waals surface area contributed by atoms with Crippen molar-refractivity contribution in [1.29, 1.82) is 0 Å². The summed E-state index contributed by atoms with van der Waals surface area (Å²) in [4.78, 5) is 14.3. The Bertz CT molecular complexity index is 375. The van der Waals surface area contributed by atoms with E-state index in [-0.39, 0.29) is 5.91 Å². The summed E-state index contributed by atoms with van der Waals surface area (Å²) in [5.74, 6) is 0.715. The molecule has 1 aromatic carbocycles. The molecular weight excluding hydrogens is 248 g/mol. The first kappa shape index (κ1) is 13.4. The predicted octanol–water partition coefficient (Wildman–Crippen LogP) is 2.12. The average Bonchev–Trinajstić information content (AvgIpc) is 2.42. The zero-order valence-corrected chi connectivity index (χ0v) is 11.2. The van der Waals surface area contributed by atoms with Crippen LogP contribution >= 0.6 is 11.6 Å². The Balaban J connectivity index is 1.80. The highest BCUT2D eigenvalue weighted by Gasteiger charge is 2.20. The van der Waals surface area contributed by atoms with Crippen LogP contribution in [0.2, 0.25) is 0 Å². The summed E-state index contributed by atoms with van der Waals surface area (Å²) in [5.41, 5.74) is 0.737. The third-order valence-corrected chi connectivity index (χ3v) is 3.53. The zero-order chi connectivity index (χ0) is 12.8. The number of halogens is 1. The molecule has 0 saturated carbocycles. The van der Waals surface area contributed by atoms with E-state index in [4.69, 9.17) is 11.6 Å². The lowest BCUT2D eigenvalue weighted by atomic mass is 10.0. The second-order valence-corrected chi connectivity index (χ2v) is 5.02. The van der Waals surface area contributed by atoms with E-state index >= 15 is 0 Å². The van der Waals surface area contributed by atoms with Gasteiger partial charge < -0.3 is 10.2 Å². The van der Waals surface area contributed by atoms with E-state index in [1.807, 2.05) is 30.3 Å². The highest BCUT2D eigenvalue weighted by molar-refractivity contribution is 6.18. The normalized spacial score (nSPS) is 17.6. The summed E-state index contributed by atoms with van der Waals surface area (Å²) < 4.78 is 0. The molecule has 0 aromatic heterocycles. The van der Waals surface area contributed by atoms with Crippen molar-refractivity contribution < 1.29 is 4.79 Å². The SMILES string of the molecule is O=C(NC1CCN(CCCl)CC1)c1ccccc1. The van der Waals surface area contributed by atoms with Crippen LogP contribution < -0.4 is 5.32 Å². The first-order valence-electron chi connectivity index (χ1n) is 6.44. The summed E-state index contributed by atoms with van der Waals surface area (Å²) in [6.45, 7) is 2.99. The summed E-state index contributed by atoms with van der Waals surface area (Å²) in [6, 6.07) is 9.68. The van der Waals surface area contributed by atoms with Gasteiger partial charge in [-0.1, -0.05) is 18.2 Å². The largest absolute Gasteiger partial charge is 0.349 e. The fraction of sp³-hybridized carbons (Fsp3) is 0.500. The van der Waals surface area contributed by atoms with Crippen LogP contribution in [0.5, 0.6) is 0 Å². The summed E-state index contributed by atoms with van der Waals surface area (Å²) in [7, 11) is 0. The predicted molar refractivity (Wildman–Crippen MR) is 74.1 cm³/mol. The van der Waals surface area contributed by atoms with Crippen molar-refractivity contribution in [2.45, 2.75) is 18.9 Å². The van der Waals surface area contributed by atoms with Crippen molar-refractivity contribution in [1.82, 2.24) is 10.2 Å². The van der Waals surface area contributed by atoms with E-state index in [1.165, 1.54) is 0 Å². The van der Waals surface area contributed by atoms with Crippen LogP contribution in [0.15, 0.2) is 30.3 Å². The van der Waals surface area contributed by atoms with Gasteiger partial charge in [-0.2, -0.15) is 0 Å². The van der Waals surface area contributed by atoms with Crippen LogP contribution in [0.1, 0.15) is 23.2 Å². The lowest BCUT2D eigenvalue weighted by Gasteiger charge is -2.31. The molecule has 2 rings (SSSR count). The number of amides is 1. The van der Waals surface area contributed by atoms with Crippen molar-refractivity contribution in [2.24, 2.45) is 0 Å². The highest BCUT2D eigenvalue weighted by atomic mass is 35.5. The number of hydrogen-bond donors (Lipinski definition) is 1. The molecule has 0 unspecified atom stereocenters. The molecule has 1 heterocycles. The Morgan fingerprint density at radius 2 is 1.94 bits per heavy atom. The van der Waals surface area contributed by atoms with Gasteiger partial charge in [0.25, 0.3) is 5.91 Å². The molecule has 0 aliphatic carbocycles. The molecule has 0 atom stereocenters. The molecule has 18 heavy (non-hydrogen) atoms. The van der Waals surface area contributed by atoms with E-state index < -0.39 is 0 Å². The number of nitrogens with one attached hydrogen (secondary N) is 1. The van der Waals surface area contributed by atoms with Crippen LogP contribution in [0.3, 0.4) is 0 Å². The molecule has 1 amide bonds. The van der Waals surface area contributed by atoms with Gasteiger partial charge >= 0.3 is 0 Å². The number of piperidine rings is 1. The number of nitrogens with zero attached hydrogens (tertiary/aromatic N) is 1. The van der Waals surface area contributed by atoms with Gasteiger partial charge in [0.2, 0.25) is 0 Å². The standard InChI is InChI=1S/C14H19ClN2O/c15-8-11-17-9-6-13(7-10-17)16-14(18)12-4-2-1-3-5-12/h1-5,13H,6-11H2,(H,16,18). The monoisotopic (exact) mass is 266 g/mol. The molecule has 98 valence electrons. The Labute approximate surface area is 113 Å². The second kappa shape index (κ2) is 6.76. The Morgan fingerprint density at radius 3 is 2.56 bits per heavy atom. The number of alkyl halides is 1.